The molecule has 1 saturated carbocycles. The summed E-state index contributed by atoms with van der Waals surface area (Å²) in [5.74, 6) is -3.43. The molecule has 1 aromatic carbocycles. The molecule has 0 radical (unpaired) electrons. The van der Waals surface area contributed by atoms with Gasteiger partial charge in [0.1, 0.15) is 0 Å². The van der Waals surface area contributed by atoms with Crippen molar-refractivity contribution in [1.82, 2.24) is 0 Å². The van der Waals surface area contributed by atoms with Crippen LogP contribution in [-0.2, 0) is 4.79 Å². The predicted molar refractivity (Wildman–Crippen MR) is 63.2 cm³/mol. The van der Waals surface area contributed by atoms with Crippen molar-refractivity contribution in [2.24, 2.45) is 11.8 Å². The second-order valence-corrected chi connectivity index (χ2v) is 5.11. The van der Waals surface area contributed by atoms with E-state index < -0.39 is 29.4 Å². The molecule has 1 aliphatic rings. The van der Waals surface area contributed by atoms with Gasteiger partial charge in [-0.25, -0.2) is 8.78 Å². The molecule has 1 aliphatic carbocycles. The van der Waals surface area contributed by atoms with Crippen molar-refractivity contribution in [2.45, 2.75) is 32.1 Å². The maximum atomic E-state index is 13.8. The molecule has 0 aromatic heterocycles. The highest BCUT2D eigenvalue weighted by Crippen LogP contribution is 2.41. The molecule has 1 N–H and O–H groups in total. The van der Waals surface area contributed by atoms with Gasteiger partial charge < -0.3 is 5.11 Å². The van der Waals surface area contributed by atoms with Crippen LogP contribution < -0.4 is 0 Å². The van der Waals surface area contributed by atoms with Crippen LogP contribution in [0.3, 0.4) is 0 Å². The Morgan fingerprint density at radius 3 is 2.72 bits per heavy atom. The normalized spacial score (nSPS) is 28.1. The summed E-state index contributed by atoms with van der Waals surface area (Å²) in [5.41, 5.74) is 0.203. The molecule has 0 spiro atoms. The van der Waals surface area contributed by atoms with Gasteiger partial charge in [0.25, 0.3) is 0 Å². The molecule has 3 unspecified atom stereocenters. The molecule has 0 amide bonds. The van der Waals surface area contributed by atoms with Gasteiger partial charge in [-0.3, -0.25) is 4.79 Å². The number of halogens is 2. The molecule has 1 aromatic rings. The number of hydrogen-bond donors (Lipinski definition) is 1. The topological polar surface area (TPSA) is 37.3 Å². The maximum absolute atomic E-state index is 13.8. The summed E-state index contributed by atoms with van der Waals surface area (Å²) in [6, 6.07) is 3.99. The molecule has 2 nitrogen and oxygen atoms in total. The van der Waals surface area contributed by atoms with Gasteiger partial charge in [-0.1, -0.05) is 19.1 Å². The van der Waals surface area contributed by atoms with E-state index in [0.29, 0.717) is 18.8 Å². The average molecular weight is 254 g/mol. The van der Waals surface area contributed by atoms with E-state index in [1.165, 1.54) is 12.1 Å². The molecule has 2 rings (SSSR count). The molecule has 0 heterocycles. The van der Waals surface area contributed by atoms with E-state index in [-0.39, 0.29) is 5.56 Å². The fourth-order valence-corrected chi connectivity index (χ4v) is 2.83. The number of hydrogen-bond acceptors (Lipinski definition) is 1. The van der Waals surface area contributed by atoms with Crippen molar-refractivity contribution in [3.05, 3.63) is 35.4 Å². The monoisotopic (exact) mass is 254 g/mol. The van der Waals surface area contributed by atoms with Crippen molar-refractivity contribution in [1.29, 1.82) is 0 Å². The quantitative estimate of drug-likeness (QED) is 0.876. The molecule has 18 heavy (non-hydrogen) atoms. The Kier molecular flexibility index (Phi) is 3.64. The highest BCUT2D eigenvalue weighted by atomic mass is 19.2. The largest absolute Gasteiger partial charge is 0.481 e. The van der Waals surface area contributed by atoms with E-state index in [2.05, 4.69) is 0 Å². The lowest BCUT2D eigenvalue weighted by molar-refractivity contribution is -0.143. The number of carbonyl (C=O) groups is 1. The Hall–Kier alpha value is -1.45. The smallest absolute Gasteiger partial charge is 0.307 e. The first-order valence-corrected chi connectivity index (χ1v) is 6.17. The number of rotatable bonds is 2. The molecular weight excluding hydrogens is 238 g/mol. The van der Waals surface area contributed by atoms with Gasteiger partial charge >= 0.3 is 5.97 Å². The van der Waals surface area contributed by atoms with Crippen molar-refractivity contribution >= 4 is 5.97 Å². The zero-order valence-corrected chi connectivity index (χ0v) is 10.2. The summed E-state index contributed by atoms with van der Waals surface area (Å²) in [5, 5.41) is 9.20. The van der Waals surface area contributed by atoms with E-state index in [0.717, 1.165) is 12.5 Å². The van der Waals surface area contributed by atoms with E-state index in [4.69, 9.17) is 0 Å². The summed E-state index contributed by atoms with van der Waals surface area (Å²) >= 11 is 0. The van der Waals surface area contributed by atoms with E-state index in [1.54, 1.807) is 0 Å². The Morgan fingerprint density at radius 2 is 2.06 bits per heavy atom. The second kappa shape index (κ2) is 5.04. The van der Waals surface area contributed by atoms with Crippen molar-refractivity contribution in [3.63, 3.8) is 0 Å². The molecule has 0 aliphatic heterocycles. The van der Waals surface area contributed by atoms with Gasteiger partial charge in [-0.2, -0.15) is 0 Å². The minimum Gasteiger partial charge on any atom is -0.481 e. The Balaban J connectivity index is 2.38. The van der Waals surface area contributed by atoms with Crippen LogP contribution in [0.5, 0.6) is 0 Å². The fourth-order valence-electron chi connectivity index (χ4n) is 2.83. The fraction of sp³-hybridized carbons (Fsp3) is 0.500. The summed E-state index contributed by atoms with van der Waals surface area (Å²) in [4.78, 5) is 11.2. The van der Waals surface area contributed by atoms with Crippen LogP contribution in [0.25, 0.3) is 0 Å². The Bertz CT molecular complexity index is 459. The molecular formula is C14H16F2O2. The summed E-state index contributed by atoms with van der Waals surface area (Å²) in [6.07, 6.45) is 1.94. The van der Waals surface area contributed by atoms with Gasteiger partial charge in [-0.05, 0) is 36.8 Å². The molecule has 98 valence electrons. The third-order valence-electron chi connectivity index (χ3n) is 3.81. The minimum absolute atomic E-state index is 0.203. The standard InChI is InChI=1S/C14H16F2O2/c1-8-5-6-10(14(17)18)11(7-8)9-3-2-4-12(15)13(9)16/h2-4,8,10-11H,5-7H2,1H3,(H,17,18). The van der Waals surface area contributed by atoms with E-state index in [1.807, 2.05) is 6.92 Å². The zero-order valence-electron chi connectivity index (χ0n) is 10.2. The zero-order chi connectivity index (χ0) is 13.3. The van der Waals surface area contributed by atoms with Gasteiger partial charge in [0.2, 0.25) is 0 Å². The number of carboxylic acid groups (broad SMARTS) is 1. The van der Waals surface area contributed by atoms with Crippen LogP contribution in [0.4, 0.5) is 8.78 Å². The molecule has 0 bridgehead atoms. The summed E-state index contributed by atoms with van der Waals surface area (Å²) in [6.45, 7) is 2.02. The second-order valence-electron chi connectivity index (χ2n) is 5.11. The molecule has 1 fully saturated rings. The number of carboxylic acids is 1. The Morgan fingerprint density at radius 1 is 1.33 bits per heavy atom. The third-order valence-corrected chi connectivity index (χ3v) is 3.81. The van der Waals surface area contributed by atoms with Crippen LogP contribution in [0.15, 0.2) is 18.2 Å². The molecule has 4 heteroatoms. The predicted octanol–water partition coefficient (Wildman–Crippen LogP) is 3.57. The lowest BCUT2D eigenvalue weighted by Gasteiger charge is -2.32. The number of benzene rings is 1. The van der Waals surface area contributed by atoms with Crippen LogP contribution in [0.1, 0.15) is 37.7 Å². The van der Waals surface area contributed by atoms with Crippen molar-refractivity contribution in [2.75, 3.05) is 0 Å². The molecule has 0 saturated heterocycles. The highest BCUT2D eigenvalue weighted by molar-refractivity contribution is 5.71. The summed E-state index contributed by atoms with van der Waals surface area (Å²) < 4.78 is 27.0. The van der Waals surface area contributed by atoms with Gasteiger partial charge in [0.15, 0.2) is 11.6 Å². The Labute approximate surface area is 105 Å². The maximum Gasteiger partial charge on any atom is 0.307 e. The van der Waals surface area contributed by atoms with Crippen LogP contribution >= 0.6 is 0 Å². The third kappa shape index (κ3) is 2.37. The van der Waals surface area contributed by atoms with Crippen LogP contribution in [0, 0.1) is 23.5 Å². The van der Waals surface area contributed by atoms with Gasteiger partial charge in [0.05, 0.1) is 5.92 Å². The highest BCUT2D eigenvalue weighted by Gasteiger charge is 2.36. The van der Waals surface area contributed by atoms with Gasteiger partial charge in [0, 0.05) is 5.92 Å². The van der Waals surface area contributed by atoms with Crippen molar-refractivity contribution < 1.29 is 18.7 Å². The van der Waals surface area contributed by atoms with E-state index >= 15 is 0 Å². The van der Waals surface area contributed by atoms with Crippen LogP contribution in [0.2, 0.25) is 0 Å². The lowest BCUT2D eigenvalue weighted by Crippen LogP contribution is -2.29. The first-order chi connectivity index (χ1) is 8.50. The first-order valence-electron chi connectivity index (χ1n) is 6.17. The lowest BCUT2D eigenvalue weighted by atomic mass is 9.71. The van der Waals surface area contributed by atoms with Gasteiger partial charge in [-0.15, -0.1) is 0 Å². The SMILES string of the molecule is CC1CCC(C(=O)O)C(c2cccc(F)c2F)C1. The van der Waals surface area contributed by atoms with Crippen molar-refractivity contribution in [3.8, 4) is 0 Å². The first kappa shape index (κ1) is 13.0. The minimum atomic E-state index is -0.921. The average Bonchev–Trinajstić information content (AvgIpc) is 2.32. The number of aliphatic carboxylic acids is 1. The van der Waals surface area contributed by atoms with Crippen LogP contribution in [-0.4, -0.2) is 11.1 Å². The molecule has 3 atom stereocenters. The summed E-state index contributed by atoms with van der Waals surface area (Å²) in [7, 11) is 0. The van der Waals surface area contributed by atoms with E-state index in [9.17, 15) is 18.7 Å².